The van der Waals surface area contributed by atoms with Crippen LogP contribution in [0.4, 0.5) is 5.69 Å². The molecule has 1 aromatic carbocycles. The maximum atomic E-state index is 11.6. The van der Waals surface area contributed by atoms with E-state index in [-0.39, 0.29) is 13.4 Å². The van der Waals surface area contributed by atoms with E-state index in [9.17, 15) is 9.59 Å². The van der Waals surface area contributed by atoms with Crippen LogP contribution in [-0.2, 0) is 14.3 Å². The van der Waals surface area contributed by atoms with E-state index in [1.807, 2.05) is 0 Å². The van der Waals surface area contributed by atoms with Crippen LogP contribution in [0.3, 0.4) is 0 Å². The molecule has 0 saturated carbocycles. The lowest BCUT2D eigenvalue weighted by Crippen LogP contribution is -2.45. The summed E-state index contributed by atoms with van der Waals surface area (Å²) in [4.78, 5) is 24.1. The van der Waals surface area contributed by atoms with Gasteiger partial charge in [0.05, 0.1) is 6.54 Å². The van der Waals surface area contributed by atoms with Crippen molar-refractivity contribution in [2.75, 3.05) is 24.8 Å². The monoisotopic (exact) mass is 235 g/mol. The van der Waals surface area contributed by atoms with Gasteiger partial charge in [0.15, 0.2) is 11.5 Å². The molecule has 1 fully saturated rings. The van der Waals surface area contributed by atoms with Crippen LogP contribution in [0.1, 0.15) is 0 Å². The molecule has 6 heteroatoms. The largest absolute Gasteiger partial charge is 0.457 e. The molecule has 6 nitrogen and oxygen atoms in total. The Labute approximate surface area is 96.7 Å². The van der Waals surface area contributed by atoms with E-state index in [1.165, 1.54) is 4.90 Å². The van der Waals surface area contributed by atoms with Gasteiger partial charge in [-0.25, -0.2) is 4.79 Å². The highest BCUT2D eigenvalue weighted by Gasteiger charge is 2.30. The number of rotatable bonds is 1. The summed E-state index contributed by atoms with van der Waals surface area (Å²) in [5.41, 5.74) is 0.607. The SMILES string of the molecule is O=C1OCCN(c2ccc3c(c2)OCO3)C1=O. The number of fused-ring (bicyclic) bond motifs is 1. The van der Waals surface area contributed by atoms with Gasteiger partial charge >= 0.3 is 11.9 Å². The quantitative estimate of drug-likeness (QED) is 0.517. The van der Waals surface area contributed by atoms with Gasteiger partial charge in [0.1, 0.15) is 6.61 Å². The fourth-order valence-electron chi connectivity index (χ4n) is 1.80. The lowest BCUT2D eigenvalue weighted by atomic mass is 10.2. The third-order valence-corrected chi connectivity index (χ3v) is 2.64. The molecule has 0 unspecified atom stereocenters. The van der Waals surface area contributed by atoms with Gasteiger partial charge in [-0.15, -0.1) is 0 Å². The van der Waals surface area contributed by atoms with E-state index in [0.717, 1.165) is 0 Å². The van der Waals surface area contributed by atoms with Crippen LogP contribution in [0.5, 0.6) is 11.5 Å². The van der Waals surface area contributed by atoms with E-state index >= 15 is 0 Å². The van der Waals surface area contributed by atoms with Crippen molar-refractivity contribution < 1.29 is 23.8 Å². The molecule has 0 spiro atoms. The summed E-state index contributed by atoms with van der Waals surface area (Å²) >= 11 is 0. The number of ether oxygens (including phenoxy) is 3. The first-order chi connectivity index (χ1) is 8.25. The molecule has 2 aliphatic rings. The maximum absolute atomic E-state index is 11.6. The summed E-state index contributed by atoms with van der Waals surface area (Å²) in [5, 5.41) is 0. The van der Waals surface area contributed by atoms with Gasteiger partial charge in [-0.2, -0.15) is 0 Å². The summed E-state index contributed by atoms with van der Waals surface area (Å²) in [6, 6.07) is 5.10. The highest BCUT2D eigenvalue weighted by Crippen LogP contribution is 2.35. The van der Waals surface area contributed by atoms with Gasteiger partial charge in [0.2, 0.25) is 6.79 Å². The molecule has 2 heterocycles. The lowest BCUT2D eigenvalue weighted by Gasteiger charge is -2.25. The zero-order valence-electron chi connectivity index (χ0n) is 8.84. The minimum Gasteiger partial charge on any atom is -0.457 e. The van der Waals surface area contributed by atoms with Crippen LogP contribution in [-0.4, -0.2) is 31.8 Å². The van der Waals surface area contributed by atoms with Crippen molar-refractivity contribution >= 4 is 17.6 Å². The Kier molecular flexibility index (Phi) is 2.14. The van der Waals surface area contributed by atoms with Crippen molar-refractivity contribution in [2.24, 2.45) is 0 Å². The van der Waals surface area contributed by atoms with Crippen molar-refractivity contribution in [2.45, 2.75) is 0 Å². The zero-order valence-corrected chi connectivity index (χ0v) is 8.84. The third kappa shape index (κ3) is 1.57. The number of hydrogen-bond acceptors (Lipinski definition) is 5. The molecule has 17 heavy (non-hydrogen) atoms. The maximum Gasteiger partial charge on any atom is 0.397 e. The number of hydrogen-bond donors (Lipinski definition) is 0. The third-order valence-electron chi connectivity index (χ3n) is 2.64. The number of anilines is 1. The first kappa shape index (κ1) is 9.95. The molecule has 0 aliphatic carbocycles. The Morgan fingerprint density at radius 2 is 1.88 bits per heavy atom. The first-order valence-electron chi connectivity index (χ1n) is 5.14. The van der Waals surface area contributed by atoms with Gasteiger partial charge in [0.25, 0.3) is 0 Å². The Hall–Kier alpha value is -2.24. The van der Waals surface area contributed by atoms with E-state index in [1.54, 1.807) is 18.2 Å². The van der Waals surface area contributed by atoms with Crippen LogP contribution in [0.15, 0.2) is 18.2 Å². The molecule has 0 N–H and O–H groups in total. The van der Waals surface area contributed by atoms with Crippen LogP contribution in [0, 0.1) is 0 Å². The number of cyclic esters (lactones) is 1. The highest BCUT2D eigenvalue weighted by molar-refractivity contribution is 6.38. The van der Waals surface area contributed by atoms with Crippen LogP contribution in [0.25, 0.3) is 0 Å². The summed E-state index contributed by atoms with van der Waals surface area (Å²) in [6.45, 7) is 0.734. The fraction of sp³-hybridized carbons (Fsp3) is 0.273. The Morgan fingerprint density at radius 3 is 2.76 bits per heavy atom. The molecule has 3 rings (SSSR count). The topological polar surface area (TPSA) is 65.1 Å². The average Bonchev–Trinajstić information content (AvgIpc) is 2.79. The average molecular weight is 235 g/mol. The number of benzene rings is 1. The summed E-state index contributed by atoms with van der Waals surface area (Å²) in [7, 11) is 0. The molecule has 0 atom stereocenters. The van der Waals surface area contributed by atoms with Crippen LogP contribution in [0.2, 0.25) is 0 Å². The number of carbonyl (C=O) groups excluding carboxylic acids is 2. The van der Waals surface area contributed by atoms with Crippen molar-refractivity contribution in [1.29, 1.82) is 0 Å². The fourth-order valence-corrected chi connectivity index (χ4v) is 1.80. The smallest absolute Gasteiger partial charge is 0.397 e. The first-order valence-corrected chi connectivity index (χ1v) is 5.14. The second-order valence-electron chi connectivity index (χ2n) is 3.63. The molecule has 1 amide bonds. The van der Waals surface area contributed by atoms with Gasteiger partial charge in [-0.1, -0.05) is 0 Å². The Bertz CT molecular complexity index is 499. The van der Waals surface area contributed by atoms with E-state index in [0.29, 0.717) is 23.7 Å². The van der Waals surface area contributed by atoms with Crippen molar-refractivity contribution in [3.63, 3.8) is 0 Å². The number of amides is 1. The van der Waals surface area contributed by atoms with Crippen molar-refractivity contribution in [1.82, 2.24) is 0 Å². The Morgan fingerprint density at radius 1 is 1.06 bits per heavy atom. The second kappa shape index (κ2) is 3.65. The predicted octanol–water partition coefficient (Wildman–Crippen LogP) is 0.305. The molecule has 1 aromatic rings. The summed E-state index contributed by atoms with van der Waals surface area (Å²) in [5.74, 6) is -0.265. The van der Waals surface area contributed by atoms with Crippen molar-refractivity contribution in [3.05, 3.63) is 18.2 Å². The van der Waals surface area contributed by atoms with Crippen LogP contribution < -0.4 is 14.4 Å². The zero-order chi connectivity index (χ0) is 11.8. The van der Waals surface area contributed by atoms with E-state index in [2.05, 4.69) is 4.74 Å². The second-order valence-corrected chi connectivity index (χ2v) is 3.63. The van der Waals surface area contributed by atoms with E-state index < -0.39 is 11.9 Å². The molecule has 88 valence electrons. The molecule has 0 bridgehead atoms. The van der Waals surface area contributed by atoms with Gasteiger partial charge in [-0.05, 0) is 12.1 Å². The molecule has 0 aromatic heterocycles. The summed E-state index contributed by atoms with van der Waals surface area (Å²) in [6.07, 6.45) is 0. The van der Waals surface area contributed by atoms with Gasteiger partial charge in [-0.3, -0.25) is 9.69 Å². The molecular formula is C11H9NO5. The Balaban J connectivity index is 1.93. The lowest BCUT2D eigenvalue weighted by molar-refractivity contribution is -0.156. The highest BCUT2D eigenvalue weighted by atomic mass is 16.7. The predicted molar refractivity (Wildman–Crippen MR) is 55.9 cm³/mol. The van der Waals surface area contributed by atoms with Gasteiger partial charge in [0, 0.05) is 11.8 Å². The number of morpholine rings is 1. The molecule has 1 saturated heterocycles. The van der Waals surface area contributed by atoms with Gasteiger partial charge < -0.3 is 14.2 Å². The number of nitrogens with zero attached hydrogens (tertiary/aromatic N) is 1. The number of carbonyl (C=O) groups is 2. The van der Waals surface area contributed by atoms with Crippen LogP contribution >= 0.6 is 0 Å². The summed E-state index contributed by atoms with van der Waals surface area (Å²) < 4.78 is 15.0. The molecule has 2 aliphatic heterocycles. The normalized spacial score (nSPS) is 18.2. The van der Waals surface area contributed by atoms with Crippen molar-refractivity contribution in [3.8, 4) is 11.5 Å². The van der Waals surface area contributed by atoms with E-state index in [4.69, 9.17) is 9.47 Å². The minimum atomic E-state index is -0.825. The minimum absolute atomic E-state index is 0.175. The molecule has 0 radical (unpaired) electrons. The number of esters is 1. The standard InChI is InChI=1S/C11H9NO5/c13-10-11(14)15-4-3-12(10)7-1-2-8-9(5-7)17-6-16-8/h1-2,5H,3-4,6H2. The molecular weight excluding hydrogens is 226 g/mol.